The monoisotopic (exact) mass is 452 g/mol. The van der Waals surface area contributed by atoms with Crippen molar-refractivity contribution < 1.29 is 26.7 Å². The molecule has 0 saturated heterocycles. The first-order valence-corrected chi connectivity index (χ1v) is 12.5. The molecule has 1 N–H and O–H groups in total. The predicted octanol–water partition coefficient (Wildman–Crippen LogP) is 1.72. The summed E-state index contributed by atoms with van der Waals surface area (Å²) in [5.41, 5.74) is 2.25. The number of hydrogen-bond acceptors (Lipinski definition) is 7. The van der Waals surface area contributed by atoms with E-state index in [4.69, 9.17) is 0 Å². The van der Waals surface area contributed by atoms with Crippen LogP contribution >= 0.6 is 0 Å². The summed E-state index contributed by atoms with van der Waals surface area (Å²) < 4.78 is 48.2. The van der Waals surface area contributed by atoms with Gasteiger partial charge in [0.2, 0.25) is 11.7 Å². The predicted molar refractivity (Wildman–Crippen MR) is 111 cm³/mol. The summed E-state index contributed by atoms with van der Waals surface area (Å²) in [6.45, 7) is 1.66. The molecule has 162 valence electrons. The molecule has 4 rings (SSSR count). The van der Waals surface area contributed by atoms with Gasteiger partial charge in [-0.05, 0) is 55.2 Å². The number of aryl methyl sites for hydroxylation is 1. The van der Waals surface area contributed by atoms with E-state index in [2.05, 4.69) is 5.10 Å². The van der Waals surface area contributed by atoms with E-state index in [1.54, 1.807) is 14.0 Å². The maximum absolute atomic E-state index is 13.4. The molecular formula is C20H24N2O6S2. The fraction of sp³-hybridized carbons (Fsp3) is 0.500. The molecular weight excluding hydrogens is 428 g/mol. The lowest BCUT2D eigenvalue weighted by atomic mass is 9.89. The van der Waals surface area contributed by atoms with Gasteiger partial charge in [0.25, 0.3) is 0 Å². The summed E-state index contributed by atoms with van der Waals surface area (Å²) in [5, 5.41) is 13.9. The number of carbonyl (C=O) groups is 1. The molecule has 30 heavy (non-hydrogen) atoms. The van der Waals surface area contributed by atoms with E-state index >= 15 is 0 Å². The second-order valence-electron chi connectivity index (χ2n) is 8.18. The minimum atomic E-state index is -2.84. The first-order valence-electron chi connectivity index (χ1n) is 9.88. The molecule has 0 amide bonds. The number of hydrogen-bond donors (Lipinski definition) is 3. The van der Waals surface area contributed by atoms with Crippen molar-refractivity contribution in [2.24, 2.45) is 13.0 Å². The number of aromatic nitrogens is 2. The van der Waals surface area contributed by atoms with E-state index in [1.165, 1.54) is 16.8 Å². The molecule has 2 aliphatic rings. The second-order valence-corrected chi connectivity index (χ2v) is 10.3. The summed E-state index contributed by atoms with van der Waals surface area (Å²) in [6.07, 6.45) is 3.31. The van der Waals surface area contributed by atoms with Gasteiger partial charge in [0.15, 0.2) is 0 Å². The summed E-state index contributed by atoms with van der Waals surface area (Å²) in [5.74, 6) is -0.849. The Morgan fingerprint density at radius 2 is 1.87 bits per heavy atom. The largest absolute Gasteiger partial charge is 0.493 e. The Labute approximate surface area is 177 Å². The molecule has 10 heteroatoms. The lowest BCUT2D eigenvalue weighted by Gasteiger charge is -2.19. The number of nitrogens with zero attached hydrogens (tertiary/aromatic N) is 2. The fourth-order valence-electron chi connectivity index (χ4n) is 4.17. The average Bonchev–Trinajstić information content (AvgIpc) is 3.57. The zero-order chi connectivity index (χ0) is 21.7. The zero-order valence-electron chi connectivity index (χ0n) is 16.7. The maximum Gasteiger partial charge on any atom is 0.220 e. The summed E-state index contributed by atoms with van der Waals surface area (Å²) >= 11 is 0. The number of rotatable bonds is 8. The summed E-state index contributed by atoms with van der Waals surface area (Å²) in [6, 6.07) is 3.05. The molecule has 1 aromatic carbocycles. The minimum absolute atomic E-state index is 0.0627. The number of benzene rings is 1. The van der Waals surface area contributed by atoms with Gasteiger partial charge >= 0.3 is 0 Å². The maximum atomic E-state index is 13.4. The van der Waals surface area contributed by atoms with Crippen LogP contribution in [0.25, 0.3) is 0 Å². The second kappa shape index (κ2) is 7.81. The fourth-order valence-corrected chi connectivity index (χ4v) is 5.94. The van der Waals surface area contributed by atoms with Gasteiger partial charge in [-0.15, -0.1) is 0 Å². The Balaban J connectivity index is 1.88. The van der Waals surface area contributed by atoms with Crippen molar-refractivity contribution in [3.05, 3.63) is 45.6 Å². The minimum Gasteiger partial charge on any atom is -0.493 e. The van der Waals surface area contributed by atoms with E-state index < -0.39 is 32.4 Å². The first-order chi connectivity index (χ1) is 14.2. The molecule has 0 aliphatic heterocycles. The van der Waals surface area contributed by atoms with Gasteiger partial charge in [-0.3, -0.25) is 4.79 Å². The molecule has 0 spiro atoms. The lowest BCUT2D eigenvalue weighted by molar-refractivity contribution is 0.103. The highest BCUT2D eigenvalue weighted by atomic mass is 32.2. The Kier molecular flexibility index (Phi) is 5.48. The van der Waals surface area contributed by atoms with E-state index in [0.717, 1.165) is 25.7 Å². The van der Waals surface area contributed by atoms with Crippen molar-refractivity contribution in [1.82, 2.24) is 9.78 Å². The molecule has 0 bridgehead atoms. The van der Waals surface area contributed by atoms with Gasteiger partial charge < -0.3 is 5.11 Å². The van der Waals surface area contributed by atoms with E-state index in [9.17, 15) is 26.7 Å². The van der Waals surface area contributed by atoms with Crippen molar-refractivity contribution in [3.8, 4) is 5.88 Å². The van der Waals surface area contributed by atoms with Crippen LogP contribution in [0.4, 0.5) is 0 Å². The molecule has 1 atom stereocenters. The quantitative estimate of drug-likeness (QED) is 0.412. The van der Waals surface area contributed by atoms with Crippen molar-refractivity contribution >= 4 is 27.2 Å². The molecule has 2 aliphatic carbocycles. The number of aromatic hydroxyl groups is 1. The zero-order valence-corrected chi connectivity index (χ0v) is 18.5. The highest BCUT2D eigenvalue weighted by Gasteiger charge is 2.39. The van der Waals surface area contributed by atoms with Crippen molar-refractivity contribution in [1.29, 1.82) is 0 Å². The van der Waals surface area contributed by atoms with Crippen LogP contribution in [0.1, 0.15) is 75.2 Å². The van der Waals surface area contributed by atoms with Gasteiger partial charge in [-0.1, -0.05) is 12.1 Å². The van der Waals surface area contributed by atoms with E-state index in [0.29, 0.717) is 22.4 Å². The number of thiol groups is 2. The summed E-state index contributed by atoms with van der Waals surface area (Å²) in [7, 11) is -4.04. The standard InChI is InChI=1S/C20H24N2O6S2/c1-10-14(18(23)16-17(11-3-4-11)21-22(2)20(16)24)8-7-13(9-29(25)26)15(10)19(30(27)28)12-5-6-12/h7-8,11-12,19,24,29-30H,3-6,9H2,1-2H3. The van der Waals surface area contributed by atoms with Gasteiger partial charge in [0, 0.05) is 18.5 Å². The molecule has 0 radical (unpaired) electrons. The van der Waals surface area contributed by atoms with Gasteiger partial charge in [-0.2, -0.15) is 5.10 Å². The number of carbonyl (C=O) groups excluding carboxylic acids is 1. The molecule has 8 nitrogen and oxygen atoms in total. The average molecular weight is 453 g/mol. The van der Waals surface area contributed by atoms with Gasteiger partial charge in [0.1, 0.15) is 27.0 Å². The van der Waals surface area contributed by atoms with Gasteiger partial charge in [0.05, 0.1) is 16.7 Å². The van der Waals surface area contributed by atoms with E-state index in [-0.39, 0.29) is 34.6 Å². The lowest BCUT2D eigenvalue weighted by Crippen LogP contribution is -2.14. The Morgan fingerprint density at radius 3 is 2.40 bits per heavy atom. The third-order valence-corrected chi connectivity index (χ3v) is 7.71. The van der Waals surface area contributed by atoms with Crippen LogP contribution in [0.15, 0.2) is 12.1 Å². The normalized spacial score (nSPS) is 17.6. The highest BCUT2D eigenvalue weighted by Crippen LogP contribution is 2.47. The third kappa shape index (κ3) is 3.78. The number of ketones is 1. The summed E-state index contributed by atoms with van der Waals surface area (Å²) in [4.78, 5) is 13.4. The topological polar surface area (TPSA) is 123 Å². The molecule has 1 unspecified atom stereocenters. The molecule has 2 aromatic rings. The SMILES string of the molecule is Cc1c(C(=O)c2c(C3CC3)nn(C)c2O)ccc(C[SH](=O)=O)c1C(C1CC1)[SH](=O)=O. The van der Waals surface area contributed by atoms with Crippen LogP contribution in [0, 0.1) is 12.8 Å². The van der Waals surface area contributed by atoms with Crippen molar-refractivity contribution in [3.63, 3.8) is 0 Å². The van der Waals surface area contributed by atoms with Crippen molar-refractivity contribution in [2.75, 3.05) is 0 Å². The highest BCUT2D eigenvalue weighted by molar-refractivity contribution is 7.72. The van der Waals surface area contributed by atoms with Crippen LogP contribution < -0.4 is 0 Å². The van der Waals surface area contributed by atoms with Crippen LogP contribution in [-0.2, 0) is 34.2 Å². The third-order valence-electron chi connectivity index (χ3n) is 5.98. The molecule has 1 heterocycles. The first kappa shape index (κ1) is 21.0. The molecule has 1 aromatic heterocycles. The molecule has 2 fully saturated rings. The Hall–Kier alpha value is -2.20. The molecule has 2 saturated carbocycles. The van der Waals surface area contributed by atoms with Crippen LogP contribution in [0.2, 0.25) is 0 Å². The Morgan fingerprint density at radius 1 is 1.20 bits per heavy atom. The van der Waals surface area contributed by atoms with Crippen LogP contribution in [0.3, 0.4) is 0 Å². The van der Waals surface area contributed by atoms with E-state index in [1.807, 2.05) is 0 Å². The Bertz CT molecular complexity index is 1170. The van der Waals surface area contributed by atoms with Crippen molar-refractivity contribution in [2.45, 2.75) is 49.5 Å². The van der Waals surface area contributed by atoms with Crippen LogP contribution in [0.5, 0.6) is 5.88 Å². The smallest absolute Gasteiger partial charge is 0.220 e. The van der Waals surface area contributed by atoms with Gasteiger partial charge in [-0.25, -0.2) is 21.5 Å². The van der Waals surface area contributed by atoms with Crippen LogP contribution in [-0.4, -0.2) is 37.5 Å².